The Morgan fingerprint density at radius 1 is 1.08 bits per heavy atom. The number of hydrogen-bond acceptors (Lipinski definition) is 4. The van der Waals surface area contributed by atoms with Crippen LogP contribution < -0.4 is 5.32 Å². The van der Waals surface area contributed by atoms with Crippen molar-refractivity contribution in [3.8, 4) is 0 Å². The van der Waals surface area contributed by atoms with Gasteiger partial charge in [-0.2, -0.15) is 18.3 Å². The highest BCUT2D eigenvalue weighted by Crippen LogP contribution is 2.37. The number of nitrogens with one attached hydrogen (secondary N) is 1. The van der Waals surface area contributed by atoms with Crippen LogP contribution in [0.3, 0.4) is 0 Å². The van der Waals surface area contributed by atoms with Gasteiger partial charge in [0.15, 0.2) is 0 Å². The third-order valence-corrected chi connectivity index (χ3v) is 9.52. The molecule has 4 rings (SSSR count). The zero-order chi connectivity index (χ0) is 26.7. The summed E-state index contributed by atoms with van der Waals surface area (Å²) in [5.74, 6) is 0. The Morgan fingerprint density at radius 3 is 2.43 bits per heavy atom. The number of hydrogen-bond donors (Lipinski definition) is 1. The van der Waals surface area contributed by atoms with Crippen LogP contribution in [0.2, 0.25) is 25.7 Å². The highest BCUT2D eigenvalue weighted by molar-refractivity contribution is 9.10. The SMILES string of the molecule is C[Si](C)(C)CCOCn1nc2c(COCC3(c4ccccc4)CCNCC3)cc(C(F)(F)F)cc2c1Br. The molecule has 0 unspecified atom stereocenters. The van der Waals surface area contributed by atoms with Crippen molar-refractivity contribution in [3.63, 3.8) is 0 Å². The van der Waals surface area contributed by atoms with Crippen molar-refractivity contribution < 1.29 is 22.6 Å². The van der Waals surface area contributed by atoms with Gasteiger partial charge in [0.05, 0.1) is 24.3 Å². The van der Waals surface area contributed by atoms with Crippen LogP contribution in [0.15, 0.2) is 47.1 Å². The second-order valence-corrected chi connectivity index (χ2v) is 17.4. The molecular weight excluding hydrogens is 563 g/mol. The van der Waals surface area contributed by atoms with E-state index in [0.29, 0.717) is 34.3 Å². The largest absolute Gasteiger partial charge is 0.416 e. The van der Waals surface area contributed by atoms with Crippen LogP contribution in [-0.4, -0.2) is 44.2 Å². The Hall–Kier alpha value is -1.72. The summed E-state index contributed by atoms with van der Waals surface area (Å²) in [6.07, 6.45) is -2.66. The van der Waals surface area contributed by atoms with Gasteiger partial charge in [-0.1, -0.05) is 50.0 Å². The zero-order valence-corrected chi connectivity index (χ0v) is 24.2. The second-order valence-electron chi connectivity index (χ2n) is 11.1. The smallest absolute Gasteiger partial charge is 0.376 e. The quantitative estimate of drug-likeness (QED) is 0.202. The molecule has 0 aliphatic carbocycles. The molecule has 0 radical (unpaired) electrons. The topological polar surface area (TPSA) is 48.3 Å². The van der Waals surface area contributed by atoms with Crippen molar-refractivity contribution in [2.24, 2.45) is 0 Å². The summed E-state index contributed by atoms with van der Waals surface area (Å²) in [6, 6.07) is 13.6. The summed E-state index contributed by atoms with van der Waals surface area (Å²) in [5.41, 5.74) is 1.24. The van der Waals surface area contributed by atoms with Crippen LogP contribution in [0.4, 0.5) is 13.2 Å². The van der Waals surface area contributed by atoms with Gasteiger partial charge < -0.3 is 14.8 Å². The van der Waals surface area contributed by atoms with E-state index >= 15 is 0 Å². The highest BCUT2D eigenvalue weighted by Gasteiger charge is 2.35. The molecular formula is C27H35BrF3N3O2Si. The average molecular weight is 599 g/mol. The fourth-order valence-electron chi connectivity index (χ4n) is 4.73. The van der Waals surface area contributed by atoms with Gasteiger partial charge in [0.25, 0.3) is 0 Å². The lowest BCUT2D eigenvalue weighted by Crippen LogP contribution is -2.43. The maximum Gasteiger partial charge on any atom is 0.416 e. The second kappa shape index (κ2) is 11.6. The van der Waals surface area contributed by atoms with Gasteiger partial charge in [-0.25, -0.2) is 4.68 Å². The minimum atomic E-state index is -4.47. The maximum atomic E-state index is 13.8. The normalized spacial score (nSPS) is 16.4. The molecule has 5 nitrogen and oxygen atoms in total. The van der Waals surface area contributed by atoms with Crippen LogP contribution in [0.5, 0.6) is 0 Å². The molecule has 10 heteroatoms. The molecule has 0 spiro atoms. The molecule has 1 aliphatic rings. The maximum absolute atomic E-state index is 13.8. The van der Waals surface area contributed by atoms with Crippen molar-refractivity contribution >= 4 is 34.9 Å². The van der Waals surface area contributed by atoms with E-state index in [9.17, 15) is 13.2 Å². The predicted octanol–water partition coefficient (Wildman–Crippen LogP) is 6.97. The number of aromatic nitrogens is 2. The fraction of sp³-hybridized carbons (Fsp3) is 0.519. The van der Waals surface area contributed by atoms with Gasteiger partial charge in [-0.3, -0.25) is 0 Å². The fourth-order valence-corrected chi connectivity index (χ4v) is 5.97. The molecule has 0 saturated carbocycles. The summed E-state index contributed by atoms with van der Waals surface area (Å²) in [6.45, 7) is 9.80. The number of alkyl halides is 3. The molecule has 1 fully saturated rings. The van der Waals surface area contributed by atoms with Gasteiger partial charge in [-0.15, -0.1) is 0 Å². The third kappa shape index (κ3) is 7.03. The number of rotatable bonds is 10. The minimum absolute atomic E-state index is 0.0440. The molecule has 0 bridgehead atoms. The molecule has 1 N–H and O–H groups in total. The Balaban J connectivity index is 1.57. The Kier molecular flexibility index (Phi) is 8.85. The van der Waals surface area contributed by atoms with Gasteiger partial charge in [0, 0.05) is 31.0 Å². The first kappa shape index (κ1) is 28.3. The first-order valence-corrected chi connectivity index (χ1v) is 17.2. The lowest BCUT2D eigenvalue weighted by molar-refractivity contribution is -0.137. The number of benzene rings is 2. The van der Waals surface area contributed by atoms with Crippen LogP contribution in [0.25, 0.3) is 10.9 Å². The third-order valence-electron chi connectivity index (χ3n) is 6.98. The molecule has 2 heterocycles. The van der Waals surface area contributed by atoms with Gasteiger partial charge in [0.2, 0.25) is 0 Å². The summed E-state index contributed by atoms with van der Waals surface area (Å²) >= 11 is 3.46. The van der Waals surface area contributed by atoms with E-state index in [4.69, 9.17) is 9.47 Å². The number of fused-ring (bicyclic) bond motifs is 1. The molecule has 0 amide bonds. The predicted molar refractivity (Wildman–Crippen MR) is 146 cm³/mol. The molecule has 0 atom stereocenters. The van der Waals surface area contributed by atoms with E-state index < -0.39 is 19.8 Å². The number of nitrogens with zero attached hydrogens (tertiary/aromatic N) is 2. The van der Waals surface area contributed by atoms with E-state index in [1.54, 1.807) is 4.68 Å². The molecule has 1 aliphatic heterocycles. The van der Waals surface area contributed by atoms with Crippen LogP contribution in [-0.2, 0) is 34.4 Å². The Bertz CT molecular complexity index is 1190. The lowest BCUT2D eigenvalue weighted by Gasteiger charge is -2.38. The average Bonchev–Trinajstić information content (AvgIpc) is 3.17. The van der Waals surface area contributed by atoms with E-state index in [0.717, 1.165) is 44.1 Å². The first-order chi connectivity index (χ1) is 17.5. The number of halogens is 4. The lowest BCUT2D eigenvalue weighted by atomic mass is 9.74. The molecule has 1 aromatic heterocycles. The Morgan fingerprint density at radius 2 is 1.78 bits per heavy atom. The van der Waals surface area contributed by atoms with Crippen molar-refractivity contribution in [2.75, 3.05) is 26.3 Å². The number of piperidine rings is 1. The van der Waals surface area contributed by atoms with Gasteiger partial charge in [-0.05, 0) is 65.6 Å². The first-order valence-electron chi connectivity index (χ1n) is 12.7. The van der Waals surface area contributed by atoms with Gasteiger partial charge in [0.1, 0.15) is 11.3 Å². The van der Waals surface area contributed by atoms with E-state index in [2.05, 4.69) is 58.1 Å². The molecule has 1 saturated heterocycles. The van der Waals surface area contributed by atoms with Crippen LogP contribution in [0, 0.1) is 0 Å². The van der Waals surface area contributed by atoms with E-state index in [1.165, 1.54) is 5.56 Å². The van der Waals surface area contributed by atoms with Crippen LogP contribution in [0.1, 0.15) is 29.5 Å². The monoisotopic (exact) mass is 597 g/mol. The molecule has 3 aromatic rings. The van der Waals surface area contributed by atoms with Crippen molar-refractivity contribution in [3.05, 3.63) is 63.8 Å². The summed E-state index contributed by atoms with van der Waals surface area (Å²) in [7, 11) is -1.25. The van der Waals surface area contributed by atoms with Crippen molar-refractivity contribution in [1.82, 2.24) is 15.1 Å². The summed E-state index contributed by atoms with van der Waals surface area (Å²) in [5, 5.41) is 8.41. The summed E-state index contributed by atoms with van der Waals surface area (Å²) < 4.78 is 55.4. The standard InChI is InChI=1S/C27H35BrF3N3O2Si/c1-37(2,3)14-13-35-19-34-25(28)23-16-22(27(29,30)31)15-20(24(23)33-34)17-36-18-26(9-11-32-12-10-26)21-7-5-4-6-8-21/h4-8,15-16,32H,9-14,17-19H2,1-3H3. The zero-order valence-electron chi connectivity index (χ0n) is 21.6. The van der Waals surface area contributed by atoms with E-state index in [1.807, 2.05) is 18.2 Å². The molecule has 202 valence electrons. The highest BCUT2D eigenvalue weighted by atomic mass is 79.9. The van der Waals surface area contributed by atoms with E-state index in [-0.39, 0.29) is 18.8 Å². The molecule has 37 heavy (non-hydrogen) atoms. The molecule has 2 aromatic carbocycles. The number of ether oxygens (including phenoxy) is 2. The summed E-state index contributed by atoms with van der Waals surface area (Å²) in [4.78, 5) is 0. The van der Waals surface area contributed by atoms with Crippen molar-refractivity contribution in [2.45, 2.75) is 63.5 Å². The Labute approximate surface area is 225 Å². The minimum Gasteiger partial charge on any atom is -0.376 e. The van der Waals surface area contributed by atoms with Gasteiger partial charge >= 0.3 is 6.18 Å². The van der Waals surface area contributed by atoms with Crippen LogP contribution >= 0.6 is 15.9 Å². The van der Waals surface area contributed by atoms with Crippen molar-refractivity contribution in [1.29, 1.82) is 0 Å².